The third-order valence-electron chi connectivity index (χ3n) is 12.5. The lowest BCUT2D eigenvalue weighted by molar-refractivity contribution is -0.359. The molecule has 12 atom stereocenters. The maximum absolute atomic E-state index is 13.2. The molecule has 0 aromatic carbocycles. The quantitative estimate of drug-likeness (QED) is 0.0227. The number of unbranched alkanes of at least 4 members (excludes halogenated alkanes) is 20. The van der Waals surface area contributed by atoms with Crippen molar-refractivity contribution in [2.75, 3.05) is 19.8 Å². The van der Waals surface area contributed by atoms with Crippen molar-refractivity contribution in [2.24, 2.45) is 0 Å². The van der Waals surface area contributed by atoms with Crippen molar-refractivity contribution in [3.63, 3.8) is 0 Å². The molecule has 0 spiro atoms. The van der Waals surface area contributed by atoms with E-state index >= 15 is 0 Å². The van der Waals surface area contributed by atoms with Gasteiger partial charge in [0.2, 0.25) is 5.91 Å². The summed E-state index contributed by atoms with van der Waals surface area (Å²) in [6, 6.07) is -0.937. The lowest BCUT2D eigenvalue weighted by atomic mass is 9.97. The van der Waals surface area contributed by atoms with Crippen molar-refractivity contribution < 1.29 is 64.6 Å². The Morgan fingerprint density at radius 3 is 1.52 bits per heavy atom. The van der Waals surface area contributed by atoms with Crippen LogP contribution in [-0.4, -0.2) is 140 Å². The van der Waals surface area contributed by atoms with Crippen molar-refractivity contribution in [2.45, 2.75) is 254 Å². The fraction of sp³-hybridized carbons (Fsp3) is 0.827. The molecule has 12 unspecified atom stereocenters. The average Bonchev–Trinajstić information content (AvgIpc) is 3.31. The fourth-order valence-corrected chi connectivity index (χ4v) is 8.20. The Morgan fingerprint density at radius 1 is 0.530 bits per heavy atom. The Balaban J connectivity index is 1.84. The van der Waals surface area contributed by atoms with Crippen LogP contribution in [0.15, 0.2) is 48.6 Å². The molecule has 14 nitrogen and oxygen atoms in total. The Hall–Kier alpha value is -2.05. The first-order valence-electron chi connectivity index (χ1n) is 25.9. The van der Waals surface area contributed by atoms with Gasteiger partial charge in [-0.3, -0.25) is 4.79 Å². The molecule has 0 aliphatic carbocycles. The number of nitrogens with one attached hydrogen (secondary N) is 1. The number of aliphatic hydroxyl groups excluding tert-OH is 8. The second kappa shape index (κ2) is 38.8. The number of allylic oxidation sites excluding steroid dienone is 7. The van der Waals surface area contributed by atoms with Gasteiger partial charge in [-0.1, -0.05) is 152 Å². The molecule has 2 aliphatic rings. The molecule has 2 rings (SSSR count). The third kappa shape index (κ3) is 25.5. The Morgan fingerprint density at radius 2 is 0.970 bits per heavy atom. The van der Waals surface area contributed by atoms with E-state index in [2.05, 4.69) is 55.6 Å². The van der Waals surface area contributed by atoms with Crippen molar-refractivity contribution in [3.05, 3.63) is 48.6 Å². The van der Waals surface area contributed by atoms with Gasteiger partial charge in [-0.25, -0.2) is 0 Å². The molecule has 2 aliphatic heterocycles. The monoisotopic (exact) mass is 940 g/mol. The largest absolute Gasteiger partial charge is 0.394 e. The van der Waals surface area contributed by atoms with E-state index in [0.29, 0.717) is 12.8 Å². The number of hydrogen-bond acceptors (Lipinski definition) is 13. The van der Waals surface area contributed by atoms with Crippen LogP contribution in [0.2, 0.25) is 0 Å². The second-order valence-electron chi connectivity index (χ2n) is 18.3. The number of ether oxygens (including phenoxy) is 4. The minimum Gasteiger partial charge on any atom is -0.394 e. The van der Waals surface area contributed by atoms with Crippen molar-refractivity contribution in [1.29, 1.82) is 0 Å². The number of carbonyl (C=O) groups excluding carboxylic acids is 1. The van der Waals surface area contributed by atoms with Crippen LogP contribution < -0.4 is 5.32 Å². The lowest BCUT2D eigenvalue weighted by Gasteiger charge is -2.46. The summed E-state index contributed by atoms with van der Waals surface area (Å²) in [5.74, 6) is -0.259. The summed E-state index contributed by atoms with van der Waals surface area (Å²) < 4.78 is 22.7. The van der Waals surface area contributed by atoms with Gasteiger partial charge < -0.3 is 65.1 Å². The van der Waals surface area contributed by atoms with E-state index in [-0.39, 0.29) is 18.9 Å². The first kappa shape index (κ1) is 60.1. The van der Waals surface area contributed by atoms with Crippen molar-refractivity contribution in [3.8, 4) is 0 Å². The van der Waals surface area contributed by atoms with Crippen LogP contribution in [0, 0.1) is 0 Å². The van der Waals surface area contributed by atoms with Crippen LogP contribution >= 0.6 is 0 Å². The van der Waals surface area contributed by atoms with Gasteiger partial charge in [-0.2, -0.15) is 0 Å². The topological polar surface area (TPSA) is 228 Å². The van der Waals surface area contributed by atoms with Gasteiger partial charge in [-0.15, -0.1) is 0 Å². The van der Waals surface area contributed by atoms with Gasteiger partial charge in [0.15, 0.2) is 12.6 Å². The van der Waals surface area contributed by atoms with E-state index in [9.17, 15) is 45.6 Å². The van der Waals surface area contributed by atoms with E-state index in [1.807, 2.05) is 6.08 Å². The smallest absolute Gasteiger partial charge is 0.220 e. The summed E-state index contributed by atoms with van der Waals surface area (Å²) in [6.45, 7) is 2.71. The van der Waals surface area contributed by atoms with Gasteiger partial charge in [0.25, 0.3) is 0 Å². The highest BCUT2D eigenvalue weighted by atomic mass is 16.7. The fourth-order valence-electron chi connectivity index (χ4n) is 8.20. The standard InChI is InChI=1S/C52H93NO13/c1-3-5-7-9-11-13-15-17-18-19-20-21-22-24-26-28-30-32-34-36-44(57)53-40(41(56)35-33-31-29-27-25-23-16-14-12-10-8-6-4-2)39-63-51-49(62)47(60)50(43(38-55)65-51)66-52-48(61)46(59)45(58)42(37-54)64-52/h12,14,17-18,25,27,33,35,40-43,45-52,54-56,58-62H,3-11,13,15-16,19-24,26,28-32,34,36-39H2,1-2H3,(H,53,57)/b14-12+,18-17-,27-25+,35-33+. The molecular formula is C52H93NO13. The molecule has 2 heterocycles. The highest BCUT2D eigenvalue weighted by molar-refractivity contribution is 5.76. The summed E-state index contributed by atoms with van der Waals surface area (Å²) in [5, 5.41) is 86.7. The van der Waals surface area contributed by atoms with E-state index in [4.69, 9.17) is 18.9 Å². The summed E-state index contributed by atoms with van der Waals surface area (Å²) in [4.78, 5) is 13.2. The summed E-state index contributed by atoms with van der Waals surface area (Å²) in [7, 11) is 0. The molecule has 2 fully saturated rings. The molecule has 384 valence electrons. The predicted octanol–water partition coefficient (Wildman–Crippen LogP) is 6.88. The average molecular weight is 940 g/mol. The SMILES string of the molecule is CCCCC/C=C/CC/C=C/CC/C=C/C(O)C(COC1OC(CO)C(OC2OC(CO)C(O)C(O)C2O)C(O)C1O)NC(=O)CCCCCCCCCCC/C=C\CCCCCCCC. The number of carbonyl (C=O) groups is 1. The minimum absolute atomic E-state index is 0.259. The predicted molar refractivity (Wildman–Crippen MR) is 258 cm³/mol. The van der Waals surface area contributed by atoms with Crippen LogP contribution in [0.3, 0.4) is 0 Å². The normalized spacial score (nSPS) is 27.2. The summed E-state index contributed by atoms with van der Waals surface area (Å²) in [5.41, 5.74) is 0. The van der Waals surface area contributed by atoms with Gasteiger partial charge in [0.1, 0.15) is 48.8 Å². The highest BCUT2D eigenvalue weighted by Gasteiger charge is 2.51. The minimum atomic E-state index is -1.79. The van der Waals surface area contributed by atoms with Crippen molar-refractivity contribution >= 4 is 5.91 Å². The van der Waals surface area contributed by atoms with Crippen molar-refractivity contribution in [1.82, 2.24) is 5.32 Å². The van der Waals surface area contributed by atoms with E-state index < -0.39 is 86.8 Å². The number of hydrogen-bond donors (Lipinski definition) is 9. The summed E-state index contributed by atoms with van der Waals surface area (Å²) in [6.07, 6.45) is 28.7. The lowest BCUT2D eigenvalue weighted by Crippen LogP contribution is -2.65. The van der Waals surface area contributed by atoms with Crippen LogP contribution in [0.25, 0.3) is 0 Å². The van der Waals surface area contributed by atoms with E-state index in [1.54, 1.807) is 6.08 Å². The molecule has 0 radical (unpaired) electrons. The molecule has 66 heavy (non-hydrogen) atoms. The maximum atomic E-state index is 13.2. The van der Waals surface area contributed by atoms with Gasteiger partial charge in [0, 0.05) is 6.42 Å². The number of aliphatic hydroxyl groups is 8. The number of amides is 1. The molecule has 14 heteroatoms. The first-order chi connectivity index (χ1) is 32.1. The molecule has 0 aromatic rings. The molecule has 1 amide bonds. The molecule has 0 aromatic heterocycles. The van der Waals surface area contributed by atoms with Crippen LogP contribution in [-0.2, 0) is 23.7 Å². The zero-order valence-corrected chi connectivity index (χ0v) is 40.7. The third-order valence-corrected chi connectivity index (χ3v) is 12.5. The van der Waals surface area contributed by atoms with Gasteiger partial charge in [-0.05, 0) is 70.6 Å². The second-order valence-corrected chi connectivity index (χ2v) is 18.3. The first-order valence-corrected chi connectivity index (χ1v) is 25.9. The highest BCUT2D eigenvalue weighted by Crippen LogP contribution is 2.30. The maximum Gasteiger partial charge on any atom is 0.220 e. The van der Waals surface area contributed by atoms with Crippen LogP contribution in [0.5, 0.6) is 0 Å². The molecule has 0 saturated carbocycles. The molecular weight excluding hydrogens is 847 g/mol. The zero-order chi connectivity index (χ0) is 48.2. The molecule has 9 N–H and O–H groups in total. The number of rotatable bonds is 39. The summed E-state index contributed by atoms with van der Waals surface area (Å²) >= 11 is 0. The zero-order valence-electron chi connectivity index (χ0n) is 40.7. The van der Waals surface area contributed by atoms with E-state index in [1.165, 1.54) is 103 Å². The van der Waals surface area contributed by atoms with Gasteiger partial charge >= 0.3 is 0 Å². The Bertz CT molecular complexity index is 1290. The molecule has 2 saturated heterocycles. The molecule has 0 bridgehead atoms. The van der Waals surface area contributed by atoms with Gasteiger partial charge in [0.05, 0.1) is 32.0 Å². The van der Waals surface area contributed by atoms with Crippen LogP contribution in [0.1, 0.15) is 181 Å². The Labute approximate surface area is 397 Å². The van der Waals surface area contributed by atoms with Crippen LogP contribution in [0.4, 0.5) is 0 Å². The Kier molecular flexibility index (Phi) is 35.3. The van der Waals surface area contributed by atoms with E-state index in [0.717, 1.165) is 44.9 Å².